The predicted octanol–water partition coefficient (Wildman–Crippen LogP) is 1.45. The zero-order valence-electron chi connectivity index (χ0n) is 16.7. The van der Waals surface area contributed by atoms with Gasteiger partial charge in [0.05, 0.1) is 6.04 Å². The van der Waals surface area contributed by atoms with E-state index in [1.165, 1.54) is 11.3 Å². The van der Waals surface area contributed by atoms with Crippen LogP contribution in [0.15, 0.2) is 4.79 Å². The Balaban J connectivity index is 0.00000280. The van der Waals surface area contributed by atoms with Crippen LogP contribution in [0.2, 0.25) is 0 Å². The van der Waals surface area contributed by atoms with Crippen molar-refractivity contribution in [3.05, 3.63) is 20.2 Å². The molecule has 0 saturated carbocycles. The molecule has 28 heavy (non-hydrogen) atoms. The van der Waals surface area contributed by atoms with E-state index in [0.29, 0.717) is 32.0 Å². The Kier molecular flexibility index (Phi) is 8.52. The highest BCUT2D eigenvalue weighted by Gasteiger charge is 2.26. The van der Waals surface area contributed by atoms with Crippen LogP contribution >= 0.6 is 23.7 Å². The summed E-state index contributed by atoms with van der Waals surface area (Å²) in [6, 6.07) is -0.0538. The third-order valence-electron chi connectivity index (χ3n) is 5.74. The summed E-state index contributed by atoms with van der Waals surface area (Å²) in [6.45, 7) is 7.30. The van der Waals surface area contributed by atoms with Crippen molar-refractivity contribution in [2.75, 3.05) is 26.2 Å². The molecule has 2 aliphatic heterocycles. The minimum atomic E-state index is -0.0538. The molecule has 0 aliphatic carbocycles. The van der Waals surface area contributed by atoms with E-state index in [4.69, 9.17) is 0 Å². The lowest BCUT2D eigenvalue weighted by atomic mass is 9.97. The zero-order valence-corrected chi connectivity index (χ0v) is 18.3. The molecule has 158 valence electrons. The average Bonchev–Trinajstić information content (AvgIpc) is 3.28. The number of amides is 2. The molecule has 2 N–H and O–H groups in total. The number of thiazole rings is 1. The number of piperidine rings is 1. The van der Waals surface area contributed by atoms with Crippen LogP contribution in [0.5, 0.6) is 0 Å². The minimum Gasteiger partial charge on any atom is -0.354 e. The molecule has 0 aromatic carbocycles. The topological polar surface area (TPSA) is 83.4 Å². The van der Waals surface area contributed by atoms with E-state index in [1.54, 1.807) is 4.57 Å². The molecule has 7 nitrogen and oxygen atoms in total. The van der Waals surface area contributed by atoms with Crippen molar-refractivity contribution in [3.63, 3.8) is 0 Å². The zero-order chi connectivity index (χ0) is 19.4. The Labute approximate surface area is 176 Å². The summed E-state index contributed by atoms with van der Waals surface area (Å²) in [5.41, 5.74) is 0.956. The van der Waals surface area contributed by atoms with Gasteiger partial charge < -0.3 is 20.1 Å². The number of carbonyl (C=O) groups is 2. The van der Waals surface area contributed by atoms with E-state index >= 15 is 0 Å². The summed E-state index contributed by atoms with van der Waals surface area (Å²) in [5, 5.41) is 6.26. The van der Waals surface area contributed by atoms with Crippen LogP contribution in [-0.2, 0) is 16.1 Å². The molecular formula is C19H31ClN4O3S. The third-order valence-corrected chi connectivity index (χ3v) is 6.73. The first-order valence-corrected chi connectivity index (χ1v) is 10.7. The van der Waals surface area contributed by atoms with Gasteiger partial charge in [0.25, 0.3) is 0 Å². The Morgan fingerprint density at radius 1 is 1.25 bits per heavy atom. The molecule has 1 aromatic heterocycles. The van der Waals surface area contributed by atoms with Crippen LogP contribution in [0.25, 0.3) is 0 Å². The van der Waals surface area contributed by atoms with Crippen molar-refractivity contribution in [1.82, 2.24) is 20.1 Å². The lowest BCUT2D eigenvalue weighted by Crippen LogP contribution is -2.46. The maximum Gasteiger partial charge on any atom is 0.307 e. The number of carbonyl (C=O) groups excluding carboxylic acids is 2. The van der Waals surface area contributed by atoms with Crippen LogP contribution in [0.1, 0.15) is 42.7 Å². The average molecular weight is 431 g/mol. The Morgan fingerprint density at radius 3 is 2.68 bits per heavy atom. The van der Waals surface area contributed by atoms with E-state index in [-0.39, 0.29) is 35.1 Å². The number of rotatable bonds is 6. The van der Waals surface area contributed by atoms with Crippen molar-refractivity contribution in [2.45, 2.75) is 58.5 Å². The molecule has 2 saturated heterocycles. The monoisotopic (exact) mass is 430 g/mol. The first kappa shape index (κ1) is 22.9. The van der Waals surface area contributed by atoms with Gasteiger partial charge in [-0.25, -0.2) is 0 Å². The fourth-order valence-corrected chi connectivity index (χ4v) is 4.80. The van der Waals surface area contributed by atoms with Gasteiger partial charge in [0.2, 0.25) is 11.8 Å². The summed E-state index contributed by atoms with van der Waals surface area (Å²) in [4.78, 5) is 39.6. The van der Waals surface area contributed by atoms with E-state index in [0.717, 1.165) is 49.3 Å². The van der Waals surface area contributed by atoms with E-state index in [2.05, 4.69) is 10.6 Å². The lowest BCUT2D eigenvalue weighted by molar-refractivity contribution is -0.133. The van der Waals surface area contributed by atoms with Gasteiger partial charge in [0.1, 0.15) is 0 Å². The number of hydrogen-bond acceptors (Lipinski definition) is 5. The highest BCUT2D eigenvalue weighted by Crippen LogP contribution is 2.17. The van der Waals surface area contributed by atoms with Gasteiger partial charge in [-0.3, -0.25) is 14.4 Å². The van der Waals surface area contributed by atoms with E-state index < -0.39 is 0 Å². The number of aryl methyl sites for hydroxylation is 1. The molecule has 0 bridgehead atoms. The smallest absolute Gasteiger partial charge is 0.307 e. The van der Waals surface area contributed by atoms with Gasteiger partial charge in [-0.05, 0) is 52.0 Å². The molecule has 2 amide bonds. The summed E-state index contributed by atoms with van der Waals surface area (Å²) >= 11 is 1.24. The van der Waals surface area contributed by atoms with Crippen LogP contribution < -0.4 is 15.5 Å². The van der Waals surface area contributed by atoms with Gasteiger partial charge in [-0.15, -0.1) is 12.4 Å². The Bertz CT molecular complexity index is 742. The summed E-state index contributed by atoms with van der Waals surface area (Å²) in [6.07, 6.45) is 4.30. The molecule has 3 heterocycles. The Morgan fingerprint density at radius 2 is 2.04 bits per heavy atom. The molecule has 2 unspecified atom stereocenters. The van der Waals surface area contributed by atoms with Crippen molar-refractivity contribution in [3.8, 4) is 0 Å². The first-order valence-electron chi connectivity index (χ1n) is 9.91. The van der Waals surface area contributed by atoms with Gasteiger partial charge >= 0.3 is 4.87 Å². The largest absolute Gasteiger partial charge is 0.354 e. The standard InChI is InChI=1S/C19H30N4O3S.ClH/c1-13-14(2)27-19(26)23(13)10-7-17(24)22-9-4-5-15(12-22)11-21-18(25)16-6-3-8-20-16;/h15-16,20H,3-12H2,1-2H3,(H,21,25);1H. The molecule has 1 aromatic rings. The molecule has 9 heteroatoms. The van der Waals surface area contributed by atoms with Crippen molar-refractivity contribution in [2.24, 2.45) is 5.92 Å². The van der Waals surface area contributed by atoms with Crippen LogP contribution in [-0.4, -0.2) is 53.5 Å². The minimum absolute atomic E-state index is 0. The molecular weight excluding hydrogens is 400 g/mol. The second kappa shape index (κ2) is 10.4. The van der Waals surface area contributed by atoms with Crippen LogP contribution in [0.4, 0.5) is 0 Å². The number of nitrogens with one attached hydrogen (secondary N) is 2. The molecule has 0 spiro atoms. The van der Waals surface area contributed by atoms with Crippen LogP contribution in [0, 0.1) is 19.8 Å². The fraction of sp³-hybridized carbons (Fsp3) is 0.737. The molecule has 2 aliphatic rings. The summed E-state index contributed by atoms with van der Waals surface area (Å²) in [7, 11) is 0. The van der Waals surface area contributed by atoms with Crippen molar-refractivity contribution >= 4 is 35.6 Å². The van der Waals surface area contributed by atoms with Gasteiger partial charge in [0.15, 0.2) is 0 Å². The summed E-state index contributed by atoms with van der Waals surface area (Å²) in [5.74, 6) is 0.484. The maximum absolute atomic E-state index is 12.6. The molecule has 2 atom stereocenters. The number of hydrogen-bond donors (Lipinski definition) is 2. The number of halogens is 1. The fourth-order valence-electron chi connectivity index (χ4n) is 3.95. The Hall–Kier alpha value is -1.38. The van der Waals surface area contributed by atoms with Gasteiger partial charge in [-0.2, -0.15) is 0 Å². The first-order chi connectivity index (χ1) is 13.0. The highest BCUT2D eigenvalue weighted by atomic mass is 35.5. The molecule has 2 fully saturated rings. The second-order valence-corrected chi connectivity index (χ2v) is 8.82. The maximum atomic E-state index is 12.6. The third kappa shape index (κ3) is 5.58. The quantitative estimate of drug-likeness (QED) is 0.715. The SMILES string of the molecule is Cc1sc(=O)n(CCC(=O)N2CCCC(CNC(=O)C3CCCN3)C2)c1C.Cl. The summed E-state index contributed by atoms with van der Waals surface area (Å²) < 4.78 is 1.70. The number of aromatic nitrogens is 1. The normalized spacial score (nSPS) is 22.0. The predicted molar refractivity (Wildman–Crippen MR) is 113 cm³/mol. The van der Waals surface area contributed by atoms with Crippen molar-refractivity contribution in [1.29, 1.82) is 0 Å². The van der Waals surface area contributed by atoms with Gasteiger partial charge in [0, 0.05) is 43.2 Å². The van der Waals surface area contributed by atoms with Crippen LogP contribution in [0.3, 0.4) is 0 Å². The molecule has 0 radical (unpaired) electrons. The number of nitrogens with zero attached hydrogens (tertiary/aromatic N) is 2. The lowest BCUT2D eigenvalue weighted by Gasteiger charge is -2.33. The highest BCUT2D eigenvalue weighted by molar-refractivity contribution is 7.09. The number of likely N-dealkylation sites (tertiary alicyclic amines) is 1. The van der Waals surface area contributed by atoms with Crippen molar-refractivity contribution < 1.29 is 9.59 Å². The second-order valence-electron chi connectivity index (χ2n) is 7.65. The van der Waals surface area contributed by atoms with E-state index in [1.807, 2.05) is 18.7 Å². The molecule has 3 rings (SSSR count). The van der Waals surface area contributed by atoms with E-state index in [9.17, 15) is 14.4 Å². The van der Waals surface area contributed by atoms with Gasteiger partial charge in [-0.1, -0.05) is 11.3 Å².